The Morgan fingerprint density at radius 3 is 2.38 bits per heavy atom. The van der Waals surface area contributed by atoms with Crippen molar-refractivity contribution in [2.45, 2.75) is 13.5 Å². The van der Waals surface area contributed by atoms with Crippen molar-refractivity contribution in [1.29, 1.82) is 0 Å². The normalized spacial score (nSPS) is 10.9. The van der Waals surface area contributed by atoms with Crippen molar-refractivity contribution in [2.75, 3.05) is 5.32 Å². The number of nitrogens with zero attached hydrogens (tertiary/aromatic N) is 2. The van der Waals surface area contributed by atoms with Crippen molar-refractivity contribution in [3.05, 3.63) is 107 Å². The van der Waals surface area contributed by atoms with E-state index in [0.717, 1.165) is 38.6 Å². The number of hydrogen-bond acceptors (Lipinski definition) is 4. The van der Waals surface area contributed by atoms with Crippen molar-refractivity contribution in [2.24, 2.45) is 0 Å². The minimum atomic E-state index is -0.136. The molecule has 0 saturated heterocycles. The molecule has 0 saturated carbocycles. The summed E-state index contributed by atoms with van der Waals surface area (Å²) < 4.78 is 7.71. The fourth-order valence-corrected chi connectivity index (χ4v) is 4.55. The second-order valence-electron chi connectivity index (χ2n) is 7.42. The monoisotopic (exact) mass is 439 g/mol. The molecular formula is C26H21N3O2S. The fourth-order valence-electron chi connectivity index (χ4n) is 3.47. The Bertz CT molecular complexity index is 1360. The van der Waals surface area contributed by atoms with E-state index in [1.165, 1.54) is 11.3 Å². The molecule has 1 amide bonds. The van der Waals surface area contributed by atoms with E-state index in [4.69, 9.17) is 4.74 Å². The number of nitrogens with one attached hydrogen (secondary N) is 1. The number of ether oxygens (including phenoxy) is 1. The lowest BCUT2D eigenvalue weighted by Gasteiger charge is -2.08. The standard InChI is InChI=1S/C26H21N3O2S/c1-18-23-16-24(32-26(23)29(28-18)21-10-6-3-7-11-21)25(30)27-20-12-14-22(15-13-20)31-17-19-8-4-2-5-9-19/h2-16H,17H2,1H3,(H,27,30). The van der Waals surface area contributed by atoms with E-state index in [0.29, 0.717) is 11.5 Å². The first-order valence-electron chi connectivity index (χ1n) is 10.3. The molecule has 0 spiro atoms. The second kappa shape index (κ2) is 8.69. The number of fused-ring (bicyclic) bond motifs is 1. The maximum atomic E-state index is 12.9. The van der Waals surface area contributed by atoms with Gasteiger partial charge in [-0.1, -0.05) is 48.5 Å². The van der Waals surface area contributed by atoms with Gasteiger partial charge in [0.25, 0.3) is 5.91 Å². The summed E-state index contributed by atoms with van der Waals surface area (Å²) in [6.45, 7) is 2.47. The summed E-state index contributed by atoms with van der Waals surface area (Å²) in [5.74, 6) is 0.621. The predicted molar refractivity (Wildman–Crippen MR) is 129 cm³/mol. The van der Waals surface area contributed by atoms with Gasteiger partial charge < -0.3 is 10.1 Å². The maximum Gasteiger partial charge on any atom is 0.265 e. The third-order valence-corrected chi connectivity index (χ3v) is 6.24. The molecule has 3 aromatic carbocycles. The molecule has 2 heterocycles. The third kappa shape index (κ3) is 4.13. The zero-order valence-electron chi connectivity index (χ0n) is 17.5. The number of aromatic nitrogens is 2. The third-order valence-electron chi connectivity index (χ3n) is 5.13. The van der Waals surface area contributed by atoms with Gasteiger partial charge in [-0.15, -0.1) is 11.3 Å². The summed E-state index contributed by atoms with van der Waals surface area (Å²) in [5, 5.41) is 8.60. The SMILES string of the molecule is Cc1nn(-c2ccccc2)c2sc(C(=O)Nc3ccc(OCc4ccccc4)cc3)cc12. The Balaban J connectivity index is 1.29. The molecule has 0 radical (unpaired) electrons. The Labute approximate surface area is 189 Å². The first-order chi connectivity index (χ1) is 15.7. The Morgan fingerprint density at radius 1 is 0.969 bits per heavy atom. The number of hydrogen-bond donors (Lipinski definition) is 1. The van der Waals surface area contributed by atoms with Crippen molar-refractivity contribution in [3.63, 3.8) is 0 Å². The molecule has 5 aromatic rings. The second-order valence-corrected chi connectivity index (χ2v) is 8.45. The average Bonchev–Trinajstić information content (AvgIpc) is 3.41. The smallest absolute Gasteiger partial charge is 0.265 e. The van der Waals surface area contributed by atoms with Gasteiger partial charge in [0.05, 0.1) is 16.3 Å². The number of rotatable bonds is 6. The van der Waals surface area contributed by atoms with Crippen LogP contribution in [0.1, 0.15) is 20.9 Å². The van der Waals surface area contributed by atoms with E-state index < -0.39 is 0 Å². The summed E-state index contributed by atoms with van der Waals surface area (Å²) in [5.41, 5.74) is 3.71. The molecule has 6 heteroatoms. The van der Waals surface area contributed by atoms with Gasteiger partial charge in [-0.05, 0) is 55.0 Å². The van der Waals surface area contributed by atoms with Gasteiger partial charge in [-0.3, -0.25) is 4.79 Å². The summed E-state index contributed by atoms with van der Waals surface area (Å²) in [6, 6.07) is 29.3. The predicted octanol–water partition coefficient (Wildman–Crippen LogP) is 6.23. The first kappa shape index (κ1) is 20.0. The number of thiophene rings is 1. The van der Waals surface area contributed by atoms with Crippen LogP contribution in [0.2, 0.25) is 0 Å². The zero-order chi connectivity index (χ0) is 21.9. The van der Waals surface area contributed by atoms with Gasteiger partial charge in [0.15, 0.2) is 0 Å². The van der Waals surface area contributed by atoms with Gasteiger partial charge in [0.1, 0.15) is 17.2 Å². The Morgan fingerprint density at radius 2 is 1.66 bits per heavy atom. The maximum absolute atomic E-state index is 12.9. The van der Waals surface area contributed by atoms with Gasteiger partial charge >= 0.3 is 0 Å². The average molecular weight is 440 g/mol. The van der Waals surface area contributed by atoms with Gasteiger partial charge in [0, 0.05) is 11.1 Å². The summed E-state index contributed by atoms with van der Waals surface area (Å²) >= 11 is 1.44. The molecule has 32 heavy (non-hydrogen) atoms. The molecule has 5 rings (SSSR count). The highest BCUT2D eigenvalue weighted by Crippen LogP contribution is 2.31. The van der Waals surface area contributed by atoms with Crippen LogP contribution >= 0.6 is 11.3 Å². The Hall–Kier alpha value is -3.90. The number of para-hydroxylation sites is 1. The van der Waals surface area contributed by atoms with E-state index in [1.54, 1.807) is 0 Å². The molecule has 0 unspecified atom stereocenters. The molecule has 0 aliphatic rings. The van der Waals surface area contributed by atoms with E-state index in [9.17, 15) is 4.79 Å². The van der Waals surface area contributed by atoms with Crippen molar-refractivity contribution >= 4 is 33.1 Å². The number of carbonyl (C=O) groups is 1. The van der Waals surface area contributed by atoms with Gasteiger partial charge in [-0.25, -0.2) is 4.68 Å². The highest BCUT2D eigenvalue weighted by atomic mass is 32.1. The molecule has 0 atom stereocenters. The van der Waals surface area contributed by atoms with E-state index in [-0.39, 0.29) is 5.91 Å². The van der Waals surface area contributed by atoms with Gasteiger partial charge in [0.2, 0.25) is 0 Å². The topological polar surface area (TPSA) is 56.2 Å². The number of carbonyl (C=O) groups excluding carboxylic acids is 1. The summed E-state index contributed by atoms with van der Waals surface area (Å²) in [4.78, 5) is 14.5. The van der Waals surface area contributed by atoms with E-state index in [1.807, 2.05) is 103 Å². The van der Waals surface area contributed by atoms with Crippen LogP contribution < -0.4 is 10.1 Å². The lowest BCUT2D eigenvalue weighted by Crippen LogP contribution is -2.10. The van der Waals surface area contributed by atoms with Crippen LogP contribution in [-0.4, -0.2) is 15.7 Å². The fraction of sp³-hybridized carbons (Fsp3) is 0.0769. The number of aryl methyl sites for hydroxylation is 1. The van der Waals surface area contributed by atoms with Crippen LogP contribution in [0.5, 0.6) is 5.75 Å². The van der Waals surface area contributed by atoms with Crippen LogP contribution in [0, 0.1) is 6.92 Å². The first-order valence-corrected chi connectivity index (χ1v) is 11.1. The van der Waals surface area contributed by atoms with E-state index in [2.05, 4.69) is 10.4 Å². The van der Waals surface area contributed by atoms with E-state index >= 15 is 0 Å². The van der Waals surface area contributed by atoms with Crippen LogP contribution in [0.4, 0.5) is 5.69 Å². The van der Waals surface area contributed by atoms with Crippen LogP contribution in [0.25, 0.3) is 15.9 Å². The van der Waals surface area contributed by atoms with Crippen molar-refractivity contribution < 1.29 is 9.53 Å². The van der Waals surface area contributed by atoms with Crippen LogP contribution in [0.15, 0.2) is 91.0 Å². The molecule has 0 aliphatic carbocycles. The highest BCUT2D eigenvalue weighted by molar-refractivity contribution is 7.20. The zero-order valence-corrected chi connectivity index (χ0v) is 18.3. The lowest BCUT2D eigenvalue weighted by molar-refractivity contribution is 0.103. The molecule has 0 fully saturated rings. The molecule has 158 valence electrons. The molecule has 1 N–H and O–H groups in total. The minimum Gasteiger partial charge on any atom is -0.489 e. The summed E-state index contributed by atoms with van der Waals surface area (Å²) in [6.07, 6.45) is 0. The Kier molecular flexibility index (Phi) is 5.44. The summed E-state index contributed by atoms with van der Waals surface area (Å²) in [7, 11) is 0. The van der Waals surface area contributed by atoms with Crippen molar-refractivity contribution in [1.82, 2.24) is 9.78 Å². The molecular weight excluding hydrogens is 418 g/mol. The number of amides is 1. The quantitative estimate of drug-likeness (QED) is 0.341. The number of benzene rings is 3. The highest BCUT2D eigenvalue weighted by Gasteiger charge is 2.17. The molecule has 5 nitrogen and oxygen atoms in total. The largest absolute Gasteiger partial charge is 0.489 e. The van der Waals surface area contributed by atoms with Crippen LogP contribution in [0.3, 0.4) is 0 Å². The van der Waals surface area contributed by atoms with Crippen molar-refractivity contribution in [3.8, 4) is 11.4 Å². The number of anilines is 1. The molecule has 2 aromatic heterocycles. The van der Waals surface area contributed by atoms with Crippen LogP contribution in [-0.2, 0) is 6.61 Å². The molecule has 0 aliphatic heterocycles. The van der Waals surface area contributed by atoms with Gasteiger partial charge in [-0.2, -0.15) is 5.10 Å². The minimum absolute atomic E-state index is 0.136. The molecule has 0 bridgehead atoms. The lowest BCUT2D eigenvalue weighted by atomic mass is 10.2.